The molecule has 0 radical (unpaired) electrons. The Morgan fingerprint density at radius 3 is 2.60 bits per heavy atom. The summed E-state index contributed by atoms with van der Waals surface area (Å²) in [5.74, 6) is -0.332. The first-order valence-electron chi connectivity index (χ1n) is 10.8. The first kappa shape index (κ1) is 21.5. The highest BCUT2D eigenvalue weighted by Crippen LogP contribution is 2.32. The molecule has 3 aliphatic rings. The third kappa shape index (κ3) is 4.48. The number of aryl methyl sites for hydroxylation is 1. The van der Waals surface area contributed by atoms with Crippen LogP contribution in [0.5, 0.6) is 0 Å². The minimum atomic E-state index is -3.13. The van der Waals surface area contributed by atoms with E-state index in [-0.39, 0.29) is 17.8 Å². The molecular formula is C21H31FN4O3S. The Kier molecular flexibility index (Phi) is 6.05. The molecule has 1 aromatic carbocycles. The van der Waals surface area contributed by atoms with E-state index in [0.717, 1.165) is 50.0 Å². The molecule has 1 saturated carbocycles. The van der Waals surface area contributed by atoms with E-state index in [2.05, 4.69) is 15.5 Å². The summed E-state index contributed by atoms with van der Waals surface area (Å²) < 4.78 is 39.1. The van der Waals surface area contributed by atoms with Gasteiger partial charge >= 0.3 is 0 Å². The second-order valence-electron chi connectivity index (χ2n) is 8.84. The van der Waals surface area contributed by atoms with E-state index < -0.39 is 16.1 Å². The van der Waals surface area contributed by atoms with Gasteiger partial charge in [0.15, 0.2) is 0 Å². The number of amides is 1. The van der Waals surface area contributed by atoms with Crippen molar-refractivity contribution in [3.63, 3.8) is 0 Å². The number of anilines is 1. The van der Waals surface area contributed by atoms with Gasteiger partial charge in [0.2, 0.25) is 15.9 Å². The number of halogens is 1. The molecule has 1 saturated heterocycles. The normalized spacial score (nSPS) is 28.0. The van der Waals surface area contributed by atoms with Crippen molar-refractivity contribution in [3.8, 4) is 0 Å². The zero-order valence-corrected chi connectivity index (χ0v) is 18.5. The molecule has 2 N–H and O–H groups in total. The maximum Gasteiger partial charge on any atom is 0.243 e. The minimum Gasteiger partial charge on any atom is -0.373 e. The van der Waals surface area contributed by atoms with Crippen molar-refractivity contribution in [2.45, 2.75) is 57.2 Å². The molecule has 3 atom stereocenters. The molecule has 7 nitrogen and oxygen atoms in total. The molecule has 2 aliphatic heterocycles. The van der Waals surface area contributed by atoms with Crippen molar-refractivity contribution in [1.82, 2.24) is 14.5 Å². The van der Waals surface area contributed by atoms with Crippen LogP contribution in [0, 0.1) is 12.7 Å². The molecule has 1 amide bonds. The number of rotatable bonds is 4. The van der Waals surface area contributed by atoms with E-state index in [1.165, 1.54) is 16.6 Å². The van der Waals surface area contributed by atoms with Crippen LogP contribution in [0.2, 0.25) is 0 Å². The summed E-state index contributed by atoms with van der Waals surface area (Å²) in [6.45, 7) is 4.44. The van der Waals surface area contributed by atoms with Gasteiger partial charge in [-0.2, -0.15) is 4.31 Å². The highest BCUT2D eigenvalue weighted by molar-refractivity contribution is 7.88. The lowest BCUT2D eigenvalue weighted by atomic mass is 9.89. The third-order valence-electron chi connectivity index (χ3n) is 6.76. The number of nitrogens with zero attached hydrogens (tertiary/aromatic N) is 2. The third-order valence-corrected chi connectivity index (χ3v) is 8.06. The maximum atomic E-state index is 14.1. The SMILES string of the molecule is Cc1ccc(F)c2c1NC(C(=O)N[C@@H]1CCC[C@H](N3CCN(S(C)(=O)=O)CC3)C1)C2. The molecular weight excluding hydrogens is 407 g/mol. The van der Waals surface area contributed by atoms with Crippen molar-refractivity contribution < 1.29 is 17.6 Å². The van der Waals surface area contributed by atoms with Crippen LogP contribution in [0.25, 0.3) is 0 Å². The lowest BCUT2D eigenvalue weighted by Gasteiger charge is -2.42. The summed E-state index contributed by atoms with van der Waals surface area (Å²) in [6.07, 6.45) is 5.56. The average Bonchev–Trinajstić information content (AvgIpc) is 3.18. The Labute approximate surface area is 178 Å². The van der Waals surface area contributed by atoms with E-state index in [9.17, 15) is 17.6 Å². The molecule has 0 spiro atoms. The highest BCUT2D eigenvalue weighted by atomic mass is 32.2. The van der Waals surface area contributed by atoms with Gasteiger partial charge in [-0.3, -0.25) is 9.69 Å². The van der Waals surface area contributed by atoms with Gasteiger partial charge in [0.05, 0.1) is 6.26 Å². The van der Waals surface area contributed by atoms with Gasteiger partial charge in [-0.1, -0.05) is 6.07 Å². The van der Waals surface area contributed by atoms with E-state index >= 15 is 0 Å². The Morgan fingerprint density at radius 2 is 1.93 bits per heavy atom. The summed E-state index contributed by atoms with van der Waals surface area (Å²) in [4.78, 5) is 15.2. The average molecular weight is 439 g/mol. The highest BCUT2D eigenvalue weighted by Gasteiger charge is 2.34. The number of benzene rings is 1. The predicted octanol–water partition coefficient (Wildman–Crippen LogP) is 1.48. The second-order valence-corrected chi connectivity index (χ2v) is 10.8. The van der Waals surface area contributed by atoms with Crippen molar-refractivity contribution >= 4 is 21.6 Å². The van der Waals surface area contributed by atoms with E-state index in [0.29, 0.717) is 31.1 Å². The predicted molar refractivity (Wildman–Crippen MR) is 114 cm³/mol. The molecule has 30 heavy (non-hydrogen) atoms. The van der Waals surface area contributed by atoms with Crippen molar-refractivity contribution in [2.75, 3.05) is 37.8 Å². The summed E-state index contributed by atoms with van der Waals surface area (Å²) >= 11 is 0. The molecule has 1 unspecified atom stereocenters. The number of sulfonamides is 1. The molecule has 2 heterocycles. The van der Waals surface area contributed by atoms with Crippen LogP contribution in [0.15, 0.2) is 12.1 Å². The molecule has 9 heteroatoms. The topological polar surface area (TPSA) is 81.8 Å². The number of carbonyl (C=O) groups is 1. The number of nitrogens with one attached hydrogen (secondary N) is 2. The number of piperazine rings is 1. The van der Waals surface area contributed by atoms with Crippen molar-refractivity contribution in [3.05, 3.63) is 29.1 Å². The van der Waals surface area contributed by atoms with Gasteiger partial charge in [0, 0.05) is 55.9 Å². The molecule has 0 aromatic heterocycles. The first-order chi connectivity index (χ1) is 14.2. The van der Waals surface area contributed by atoms with Gasteiger partial charge in [-0.25, -0.2) is 12.8 Å². The Hall–Kier alpha value is -1.71. The van der Waals surface area contributed by atoms with Crippen LogP contribution >= 0.6 is 0 Å². The van der Waals surface area contributed by atoms with Gasteiger partial charge in [-0.05, 0) is 44.2 Å². The number of fused-ring (bicyclic) bond motifs is 1. The first-order valence-corrected chi connectivity index (χ1v) is 12.6. The summed E-state index contributed by atoms with van der Waals surface area (Å²) in [5, 5.41) is 6.38. The largest absolute Gasteiger partial charge is 0.373 e. The molecule has 4 rings (SSSR count). The summed E-state index contributed by atoms with van der Waals surface area (Å²) in [6, 6.07) is 3.22. The van der Waals surface area contributed by atoms with Gasteiger partial charge in [0.25, 0.3) is 0 Å². The van der Waals surface area contributed by atoms with Crippen LogP contribution in [0.3, 0.4) is 0 Å². The number of hydrogen-bond acceptors (Lipinski definition) is 5. The lowest BCUT2D eigenvalue weighted by Crippen LogP contribution is -2.54. The lowest BCUT2D eigenvalue weighted by molar-refractivity contribution is -0.122. The maximum absolute atomic E-state index is 14.1. The Bertz CT molecular complexity index is 884. The van der Waals surface area contributed by atoms with Crippen LogP contribution in [-0.4, -0.2) is 74.1 Å². The summed E-state index contributed by atoms with van der Waals surface area (Å²) in [7, 11) is -3.13. The van der Waals surface area contributed by atoms with Gasteiger partial charge < -0.3 is 10.6 Å². The van der Waals surface area contributed by atoms with Crippen LogP contribution in [-0.2, 0) is 21.2 Å². The van der Waals surface area contributed by atoms with Crippen LogP contribution in [0.1, 0.15) is 36.8 Å². The van der Waals surface area contributed by atoms with E-state index in [1.54, 1.807) is 6.07 Å². The molecule has 2 fully saturated rings. The zero-order chi connectivity index (χ0) is 21.5. The number of hydrogen-bond donors (Lipinski definition) is 2. The van der Waals surface area contributed by atoms with E-state index in [1.807, 2.05) is 6.92 Å². The molecule has 0 bridgehead atoms. The van der Waals surface area contributed by atoms with Crippen molar-refractivity contribution in [1.29, 1.82) is 0 Å². The van der Waals surface area contributed by atoms with Gasteiger partial charge in [0.1, 0.15) is 11.9 Å². The molecule has 1 aromatic rings. The van der Waals surface area contributed by atoms with Crippen LogP contribution in [0.4, 0.5) is 10.1 Å². The minimum absolute atomic E-state index is 0.0717. The quantitative estimate of drug-likeness (QED) is 0.744. The van der Waals surface area contributed by atoms with Gasteiger partial charge in [-0.15, -0.1) is 0 Å². The van der Waals surface area contributed by atoms with Crippen molar-refractivity contribution in [2.24, 2.45) is 0 Å². The second kappa shape index (κ2) is 8.43. The Balaban J connectivity index is 1.31. The fraction of sp³-hybridized carbons (Fsp3) is 0.667. The smallest absolute Gasteiger partial charge is 0.243 e. The fourth-order valence-corrected chi connectivity index (χ4v) is 5.88. The Morgan fingerprint density at radius 1 is 1.20 bits per heavy atom. The molecule has 1 aliphatic carbocycles. The van der Waals surface area contributed by atoms with E-state index in [4.69, 9.17) is 0 Å². The fourth-order valence-electron chi connectivity index (χ4n) is 5.06. The number of carbonyl (C=O) groups excluding carboxylic acids is 1. The van der Waals surface area contributed by atoms with Crippen LogP contribution < -0.4 is 10.6 Å². The molecule has 166 valence electrons. The monoisotopic (exact) mass is 438 g/mol. The summed E-state index contributed by atoms with van der Waals surface area (Å²) in [5.41, 5.74) is 2.30. The standard InChI is InChI=1S/C21H31FN4O3S/c1-14-6-7-18(22)17-13-19(24-20(14)17)21(27)23-15-4-3-5-16(12-15)25-8-10-26(11-9-25)30(2,28)29/h6-7,15-16,19,24H,3-5,8-13H2,1-2H3,(H,23,27)/t15-,16+,19?/m1/s1. The zero-order valence-electron chi connectivity index (χ0n) is 17.7.